The summed E-state index contributed by atoms with van der Waals surface area (Å²) in [6, 6.07) is 4.50. The summed E-state index contributed by atoms with van der Waals surface area (Å²) in [5, 5.41) is 9.04. The van der Waals surface area contributed by atoms with Gasteiger partial charge in [0, 0.05) is 17.5 Å². The number of carboxylic acids is 1. The Morgan fingerprint density at radius 3 is 2.26 bits per heavy atom. The normalized spacial score (nSPS) is 11.5. The van der Waals surface area contributed by atoms with Gasteiger partial charge in [-0.3, -0.25) is 4.79 Å². The van der Waals surface area contributed by atoms with E-state index in [4.69, 9.17) is 5.11 Å². The van der Waals surface area contributed by atoms with E-state index in [-0.39, 0.29) is 16.8 Å². The molecular weight excluding hydrogens is 318 g/mol. The Hall–Kier alpha value is -2.64. The lowest BCUT2D eigenvalue weighted by Crippen LogP contribution is -2.26. The maximum absolute atomic E-state index is 13.0. The molecule has 2 rings (SSSR count). The summed E-state index contributed by atoms with van der Waals surface area (Å²) in [5.41, 5.74) is -1.80. The van der Waals surface area contributed by atoms with E-state index >= 15 is 0 Å². The average molecular weight is 329 g/mol. The number of hydrogen-bond donors (Lipinski definition) is 1. The molecule has 0 atom stereocenters. The molecular formula is C15H11F4NO3. The molecule has 0 aliphatic rings. The van der Waals surface area contributed by atoms with Crippen LogP contribution in [0.4, 0.5) is 17.6 Å². The van der Waals surface area contributed by atoms with Gasteiger partial charge in [0.25, 0.3) is 0 Å². The summed E-state index contributed by atoms with van der Waals surface area (Å²) in [5.74, 6) is -2.22. The van der Waals surface area contributed by atoms with Gasteiger partial charge in [-0.2, -0.15) is 13.2 Å². The van der Waals surface area contributed by atoms with Crippen LogP contribution in [0.25, 0.3) is 11.1 Å². The highest BCUT2D eigenvalue weighted by atomic mass is 19.4. The number of benzene rings is 1. The van der Waals surface area contributed by atoms with Crippen LogP contribution in [-0.4, -0.2) is 21.8 Å². The molecule has 1 aromatic heterocycles. The molecule has 1 aromatic carbocycles. The third-order valence-electron chi connectivity index (χ3n) is 3.26. The van der Waals surface area contributed by atoms with Gasteiger partial charge in [0.05, 0.1) is 0 Å². The maximum atomic E-state index is 13.0. The van der Waals surface area contributed by atoms with E-state index < -0.39 is 35.5 Å². The molecule has 0 aliphatic carbocycles. The molecule has 0 radical (unpaired) electrons. The number of carbonyl (C=O) groups is 1. The number of halogens is 4. The fraction of sp³-hybridized carbons (Fsp3) is 0.200. The Morgan fingerprint density at radius 2 is 1.78 bits per heavy atom. The molecule has 1 N–H and O–H groups in total. The number of rotatable bonds is 3. The van der Waals surface area contributed by atoms with E-state index in [0.717, 1.165) is 12.1 Å². The number of carboxylic acid groups (broad SMARTS) is 1. The average Bonchev–Trinajstić information content (AvgIpc) is 2.42. The smallest absolute Gasteiger partial charge is 0.406 e. The van der Waals surface area contributed by atoms with Gasteiger partial charge < -0.3 is 9.67 Å². The Bertz CT molecular complexity index is 807. The number of aromatic carboxylic acids is 1. The van der Waals surface area contributed by atoms with Gasteiger partial charge >= 0.3 is 12.1 Å². The summed E-state index contributed by atoms with van der Waals surface area (Å²) < 4.78 is 51.6. The van der Waals surface area contributed by atoms with Gasteiger partial charge in [-0.1, -0.05) is 12.1 Å². The monoisotopic (exact) mass is 329 g/mol. The number of aromatic nitrogens is 1. The zero-order valence-corrected chi connectivity index (χ0v) is 11.8. The van der Waals surface area contributed by atoms with E-state index in [9.17, 15) is 27.2 Å². The lowest BCUT2D eigenvalue weighted by Gasteiger charge is -2.17. The van der Waals surface area contributed by atoms with Gasteiger partial charge in [0.15, 0.2) is 0 Å². The van der Waals surface area contributed by atoms with Crippen molar-refractivity contribution >= 4 is 5.97 Å². The lowest BCUT2D eigenvalue weighted by molar-refractivity contribution is -0.141. The topological polar surface area (TPSA) is 59.3 Å². The van der Waals surface area contributed by atoms with Crippen LogP contribution in [-0.2, 0) is 6.54 Å². The highest BCUT2D eigenvalue weighted by Crippen LogP contribution is 2.24. The van der Waals surface area contributed by atoms with E-state index in [1.807, 2.05) is 0 Å². The number of alkyl halides is 3. The Kier molecular flexibility index (Phi) is 4.26. The van der Waals surface area contributed by atoms with Crippen molar-refractivity contribution in [1.82, 2.24) is 4.57 Å². The van der Waals surface area contributed by atoms with Crippen molar-refractivity contribution in [2.45, 2.75) is 19.6 Å². The first-order valence-electron chi connectivity index (χ1n) is 6.40. The Morgan fingerprint density at radius 1 is 1.22 bits per heavy atom. The molecule has 0 bridgehead atoms. The molecule has 0 amide bonds. The minimum Gasteiger partial charge on any atom is -0.477 e. The van der Waals surface area contributed by atoms with Crippen LogP contribution in [0.15, 0.2) is 35.3 Å². The van der Waals surface area contributed by atoms with Crippen molar-refractivity contribution in [3.63, 3.8) is 0 Å². The third kappa shape index (κ3) is 3.58. The SMILES string of the molecule is Cc1c(-c2ccc(F)cc2)c(=O)c(C(=O)O)cn1CC(F)(F)F. The van der Waals surface area contributed by atoms with Crippen LogP contribution in [0.1, 0.15) is 16.1 Å². The van der Waals surface area contributed by atoms with E-state index in [1.54, 1.807) is 0 Å². The van der Waals surface area contributed by atoms with Crippen LogP contribution >= 0.6 is 0 Å². The first-order chi connectivity index (χ1) is 10.6. The van der Waals surface area contributed by atoms with Crippen LogP contribution in [0, 0.1) is 12.7 Å². The largest absolute Gasteiger partial charge is 0.477 e. The molecule has 2 aromatic rings. The van der Waals surface area contributed by atoms with E-state index in [0.29, 0.717) is 10.8 Å². The predicted octanol–water partition coefficient (Wildman–Crippen LogP) is 3.22. The fourth-order valence-electron chi connectivity index (χ4n) is 2.22. The van der Waals surface area contributed by atoms with Crippen molar-refractivity contribution in [3.05, 3.63) is 57.8 Å². The van der Waals surface area contributed by atoms with Crippen LogP contribution in [0.5, 0.6) is 0 Å². The van der Waals surface area contributed by atoms with Crippen molar-refractivity contribution in [3.8, 4) is 11.1 Å². The first kappa shape index (κ1) is 16.7. The standard InChI is InChI=1S/C15H11F4NO3/c1-8-12(9-2-4-10(16)5-3-9)13(21)11(14(22)23)6-20(8)7-15(17,18)19/h2-6H,7H2,1H3,(H,22,23). The molecule has 0 saturated heterocycles. The molecule has 4 nitrogen and oxygen atoms in total. The van der Waals surface area contributed by atoms with Gasteiger partial charge in [-0.25, -0.2) is 9.18 Å². The van der Waals surface area contributed by atoms with Crippen LogP contribution in [0.2, 0.25) is 0 Å². The highest BCUT2D eigenvalue weighted by Gasteiger charge is 2.30. The second-order valence-corrected chi connectivity index (χ2v) is 4.89. The lowest BCUT2D eigenvalue weighted by atomic mass is 10.0. The highest BCUT2D eigenvalue weighted by molar-refractivity contribution is 5.89. The van der Waals surface area contributed by atoms with Gasteiger partial charge in [-0.15, -0.1) is 0 Å². The van der Waals surface area contributed by atoms with E-state index in [2.05, 4.69) is 0 Å². The molecule has 0 spiro atoms. The fourth-order valence-corrected chi connectivity index (χ4v) is 2.22. The Labute approximate surface area is 127 Å². The molecule has 0 saturated carbocycles. The van der Waals surface area contributed by atoms with Crippen molar-refractivity contribution in [2.24, 2.45) is 0 Å². The molecule has 0 aliphatic heterocycles. The molecule has 8 heteroatoms. The molecule has 1 heterocycles. The second-order valence-electron chi connectivity index (χ2n) is 4.89. The van der Waals surface area contributed by atoms with Crippen molar-refractivity contribution in [1.29, 1.82) is 0 Å². The third-order valence-corrected chi connectivity index (χ3v) is 3.26. The minimum atomic E-state index is -4.59. The summed E-state index contributed by atoms with van der Waals surface area (Å²) >= 11 is 0. The maximum Gasteiger partial charge on any atom is 0.406 e. The summed E-state index contributed by atoms with van der Waals surface area (Å²) in [4.78, 5) is 23.4. The first-order valence-corrected chi connectivity index (χ1v) is 6.40. The van der Waals surface area contributed by atoms with Crippen molar-refractivity contribution in [2.75, 3.05) is 0 Å². The summed E-state index contributed by atoms with van der Waals surface area (Å²) in [6.07, 6.45) is -3.92. The predicted molar refractivity (Wildman–Crippen MR) is 73.8 cm³/mol. The minimum absolute atomic E-state index is 0.0519. The van der Waals surface area contributed by atoms with Gasteiger partial charge in [0.2, 0.25) is 5.43 Å². The number of hydrogen-bond acceptors (Lipinski definition) is 2. The molecule has 0 fully saturated rings. The quantitative estimate of drug-likeness (QED) is 0.880. The van der Waals surface area contributed by atoms with Crippen molar-refractivity contribution < 1.29 is 27.5 Å². The van der Waals surface area contributed by atoms with Crippen LogP contribution in [0.3, 0.4) is 0 Å². The number of pyridine rings is 1. The molecule has 23 heavy (non-hydrogen) atoms. The molecule has 0 unspecified atom stereocenters. The number of nitrogens with zero attached hydrogens (tertiary/aromatic N) is 1. The summed E-state index contributed by atoms with van der Waals surface area (Å²) in [7, 11) is 0. The molecule has 122 valence electrons. The zero-order valence-electron chi connectivity index (χ0n) is 11.8. The van der Waals surface area contributed by atoms with Gasteiger partial charge in [0.1, 0.15) is 17.9 Å². The Balaban J connectivity index is 2.76. The van der Waals surface area contributed by atoms with Gasteiger partial charge in [-0.05, 0) is 24.6 Å². The second kappa shape index (κ2) is 5.86. The summed E-state index contributed by atoms with van der Waals surface area (Å²) in [6.45, 7) is -0.162. The van der Waals surface area contributed by atoms with Crippen LogP contribution < -0.4 is 5.43 Å². The zero-order chi connectivity index (χ0) is 17.4. The van der Waals surface area contributed by atoms with E-state index in [1.165, 1.54) is 19.1 Å².